The lowest BCUT2D eigenvalue weighted by molar-refractivity contribution is -0.120. The van der Waals surface area contributed by atoms with Gasteiger partial charge in [0, 0.05) is 12.2 Å². The second-order valence-corrected chi connectivity index (χ2v) is 9.27. The molecule has 2 aromatic carbocycles. The van der Waals surface area contributed by atoms with E-state index in [1.54, 1.807) is 47.8 Å². The largest absolute Gasteiger partial charge is 0.494 e. The van der Waals surface area contributed by atoms with Crippen molar-refractivity contribution in [3.05, 3.63) is 77.4 Å². The van der Waals surface area contributed by atoms with Gasteiger partial charge in [0.05, 0.1) is 13.0 Å². The molecule has 0 bridgehead atoms. The van der Waals surface area contributed by atoms with Crippen LogP contribution in [0.3, 0.4) is 0 Å². The van der Waals surface area contributed by atoms with Crippen LogP contribution in [0.2, 0.25) is 0 Å². The maximum Gasteiger partial charge on any atom is 0.271 e. The number of nitrogens with one attached hydrogen (secondary N) is 2. The standard InChI is InChI=1S/C21H21FN2O4S2/c22-17-6-10-19(11-7-17)28-13-2-12-23-20(25)15-16-4-8-18(9-5-16)24-30(26,27)21-3-1-14-29-21/h1,3-11,14,24H,2,12-13,15H2,(H,23,25). The minimum atomic E-state index is -3.59. The highest BCUT2D eigenvalue weighted by Gasteiger charge is 2.15. The molecule has 0 spiro atoms. The highest BCUT2D eigenvalue weighted by atomic mass is 32.2. The van der Waals surface area contributed by atoms with Crippen LogP contribution in [0.15, 0.2) is 70.3 Å². The first kappa shape index (κ1) is 21.8. The van der Waals surface area contributed by atoms with Crippen molar-refractivity contribution >= 4 is 33.0 Å². The number of carbonyl (C=O) groups excluding carboxylic acids is 1. The fraction of sp³-hybridized carbons (Fsp3) is 0.190. The van der Waals surface area contributed by atoms with Gasteiger partial charge in [-0.25, -0.2) is 12.8 Å². The Morgan fingerprint density at radius 2 is 1.77 bits per heavy atom. The lowest BCUT2D eigenvalue weighted by atomic mass is 10.1. The second kappa shape index (κ2) is 10.2. The summed E-state index contributed by atoms with van der Waals surface area (Å²) in [6.45, 7) is 0.865. The predicted molar refractivity (Wildman–Crippen MR) is 115 cm³/mol. The molecule has 30 heavy (non-hydrogen) atoms. The molecule has 0 radical (unpaired) electrons. The zero-order valence-corrected chi connectivity index (χ0v) is 17.6. The molecule has 0 aliphatic heterocycles. The van der Waals surface area contributed by atoms with E-state index in [0.29, 0.717) is 31.0 Å². The number of rotatable bonds is 10. The van der Waals surface area contributed by atoms with Crippen LogP contribution in [0.4, 0.5) is 10.1 Å². The van der Waals surface area contributed by atoms with E-state index in [9.17, 15) is 17.6 Å². The summed E-state index contributed by atoms with van der Waals surface area (Å²) < 4.78 is 45.5. The molecule has 3 rings (SSSR count). The molecule has 158 valence electrons. The topological polar surface area (TPSA) is 84.5 Å². The summed E-state index contributed by atoms with van der Waals surface area (Å²) in [5.74, 6) is 0.128. The Morgan fingerprint density at radius 3 is 2.43 bits per heavy atom. The summed E-state index contributed by atoms with van der Waals surface area (Å²) in [4.78, 5) is 12.0. The fourth-order valence-corrected chi connectivity index (χ4v) is 4.63. The first-order valence-electron chi connectivity index (χ1n) is 9.23. The average Bonchev–Trinajstić information content (AvgIpc) is 3.26. The molecule has 0 fully saturated rings. The number of halogens is 1. The lowest BCUT2D eigenvalue weighted by Gasteiger charge is -2.09. The van der Waals surface area contributed by atoms with Gasteiger partial charge >= 0.3 is 0 Å². The highest BCUT2D eigenvalue weighted by Crippen LogP contribution is 2.20. The molecule has 9 heteroatoms. The van der Waals surface area contributed by atoms with Gasteiger partial charge in [-0.15, -0.1) is 11.3 Å². The molecule has 1 aromatic heterocycles. The van der Waals surface area contributed by atoms with Crippen LogP contribution in [0, 0.1) is 5.82 Å². The van der Waals surface area contributed by atoms with Crippen molar-refractivity contribution in [1.82, 2.24) is 5.32 Å². The minimum absolute atomic E-state index is 0.135. The van der Waals surface area contributed by atoms with Gasteiger partial charge < -0.3 is 10.1 Å². The average molecular weight is 449 g/mol. The zero-order chi connectivity index (χ0) is 21.4. The molecule has 0 saturated heterocycles. The first-order valence-corrected chi connectivity index (χ1v) is 11.6. The van der Waals surface area contributed by atoms with Gasteiger partial charge in [-0.1, -0.05) is 18.2 Å². The smallest absolute Gasteiger partial charge is 0.271 e. The van der Waals surface area contributed by atoms with E-state index in [-0.39, 0.29) is 22.4 Å². The van der Waals surface area contributed by atoms with Gasteiger partial charge in [-0.2, -0.15) is 0 Å². The van der Waals surface area contributed by atoms with Gasteiger partial charge in [0.2, 0.25) is 5.91 Å². The fourth-order valence-electron chi connectivity index (χ4n) is 2.58. The van der Waals surface area contributed by atoms with E-state index in [1.807, 2.05) is 0 Å². The van der Waals surface area contributed by atoms with Crippen LogP contribution in [-0.2, 0) is 21.2 Å². The summed E-state index contributed by atoms with van der Waals surface area (Å²) in [6.07, 6.45) is 0.809. The van der Waals surface area contributed by atoms with Crippen molar-refractivity contribution in [2.75, 3.05) is 17.9 Å². The molecular weight excluding hydrogens is 427 g/mol. The van der Waals surface area contributed by atoms with E-state index in [4.69, 9.17) is 4.74 Å². The van der Waals surface area contributed by atoms with Crippen molar-refractivity contribution < 1.29 is 22.3 Å². The highest BCUT2D eigenvalue weighted by molar-refractivity contribution is 7.94. The molecule has 0 aliphatic rings. The maximum absolute atomic E-state index is 12.8. The molecule has 6 nitrogen and oxygen atoms in total. The van der Waals surface area contributed by atoms with Crippen LogP contribution >= 0.6 is 11.3 Å². The summed E-state index contributed by atoms with van der Waals surface area (Å²) >= 11 is 1.14. The number of sulfonamides is 1. The Hall–Kier alpha value is -2.91. The van der Waals surface area contributed by atoms with Crippen molar-refractivity contribution in [3.8, 4) is 5.75 Å². The summed E-state index contributed by atoms with van der Waals surface area (Å²) in [5.41, 5.74) is 1.21. The number of anilines is 1. The number of hydrogen-bond donors (Lipinski definition) is 2. The van der Waals surface area contributed by atoms with Crippen molar-refractivity contribution in [3.63, 3.8) is 0 Å². The van der Waals surface area contributed by atoms with Crippen molar-refractivity contribution in [2.24, 2.45) is 0 Å². The van der Waals surface area contributed by atoms with Gasteiger partial charge in [-0.05, 0) is 59.8 Å². The summed E-state index contributed by atoms with van der Waals surface area (Å²) in [5, 5.41) is 4.51. The molecule has 0 unspecified atom stereocenters. The van der Waals surface area contributed by atoms with Crippen molar-refractivity contribution in [2.45, 2.75) is 17.1 Å². The Bertz CT molecular complexity index is 1050. The van der Waals surface area contributed by atoms with E-state index >= 15 is 0 Å². The number of hydrogen-bond acceptors (Lipinski definition) is 5. The van der Waals surface area contributed by atoms with Gasteiger partial charge in [-0.3, -0.25) is 9.52 Å². The van der Waals surface area contributed by atoms with E-state index in [0.717, 1.165) is 16.9 Å². The van der Waals surface area contributed by atoms with E-state index in [2.05, 4.69) is 10.0 Å². The monoisotopic (exact) mass is 448 g/mol. The quantitative estimate of drug-likeness (QED) is 0.462. The molecule has 0 aliphatic carbocycles. The maximum atomic E-state index is 12.8. The second-order valence-electron chi connectivity index (χ2n) is 6.42. The first-order chi connectivity index (χ1) is 14.4. The zero-order valence-electron chi connectivity index (χ0n) is 16.0. The van der Waals surface area contributed by atoms with Crippen LogP contribution < -0.4 is 14.8 Å². The molecule has 3 aromatic rings. The van der Waals surface area contributed by atoms with Crippen LogP contribution in [0.1, 0.15) is 12.0 Å². The van der Waals surface area contributed by atoms with Crippen molar-refractivity contribution in [1.29, 1.82) is 0 Å². The number of ether oxygens (including phenoxy) is 1. The normalized spacial score (nSPS) is 11.1. The van der Waals surface area contributed by atoms with Gasteiger partial charge in [0.15, 0.2) is 0 Å². The number of benzene rings is 2. The molecule has 0 atom stereocenters. The van der Waals surface area contributed by atoms with E-state index < -0.39 is 10.0 Å². The Balaban J connectivity index is 1.38. The number of thiophene rings is 1. The molecule has 0 saturated carbocycles. The third-order valence-corrected chi connectivity index (χ3v) is 6.84. The third kappa shape index (κ3) is 6.57. The van der Waals surface area contributed by atoms with Crippen LogP contribution in [0.5, 0.6) is 5.75 Å². The number of carbonyl (C=O) groups is 1. The third-order valence-electron chi connectivity index (χ3n) is 4.06. The minimum Gasteiger partial charge on any atom is -0.494 e. The summed E-state index contributed by atoms with van der Waals surface area (Å²) in [7, 11) is -3.59. The van der Waals surface area contributed by atoms with E-state index in [1.165, 1.54) is 18.2 Å². The molecule has 1 heterocycles. The lowest BCUT2D eigenvalue weighted by Crippen LogP contribution is -2.27. The molecular formula is C21H21FN2O4S2. The predicted octanol–water partition coefficient (Wildman–Crippen LogP) is 3.82. The van der Waals surface area contributed by atoms with Gasteiger partial charge in [0.1, 0.15) is 15.8 Å². The van der Waals surface area contributed by atoms with Crippen LogP contribution in [0.25, 0.3) is 0 Å². The van der Waals surface area contributed by atoms with Gasteiger partial charge in [0.25, 0.3) is 10.0 Å². The Kier molecular flexibility index (Phi) is 7.42. The summed E-state index contributed by atoms with van der Waals surface area (Å²) in [6, 6.07) is 15.7. The Morgan fingerprint density at radius 1 is 1.03 bits per heavy atom. The van der Waals surface area contributed by atoms with Crippen LogP contribution in [-0.4, -0.2) is 27.5 Å². The molecule has 2 N–H and O–H groups in total. The SMILES string of the molecule is O=C(Cc1ccc(NS(=O)(=O)c2cccs2)cc1)NCCCOc1ccc(F)cc1. The number of amides is 1. The Labute approximate surface area is 178 Å². The molecule has 1 amide bonds.